The van der Waals surface area contributed by atoms with E-state index in [0.717, 1.165) is 38.5 Å². The highest BCUT2D eigenvalue weighted by molar-refractivity contribution is 5.87. The summed E-state index contributed by atoms with van der Waals surface area (Å²) in [5.74, 6) is -0.211. The van der Waals surface area contributed by atoms with Crippen molar-refractivity contribution in [3.05, 3.63) is 0 Å². The van der Waals surface area contributed by atoms with Crippen molar-refractivity contribution in [3.8, 4) is 0 Å². The second-order valence-electron chi connectivity index (χ2n) is 6.73. The first-order chi connectivity index (χ1) is 9.32. The lowest BCUT2D eigenvalue weighted by atomic mass is 9.87. The summed E-state index contributed by atoms with van der Waals surface area (Å²) in [4.78, 5) is 26.6. The number of esters is 1. The summed E-state index contributed by atoms with van der Waals surface area (Å²) in [6, 6.07) is -0.221. The monoisotopic (exact) mass is 283 g/mol. The zero-order chi connectivity index (χ0) is 15.3. The van der Waals surface area contributed by atoms with E-state index in [1.165, 1.54) is 7.11 Å². The third-order valence-corrected chi connectivity index (χ3v) is 3.98. The number of likely N-dealkylation sites (tertiary alicyclic amines) is 1. The van der Waals surface area contributed by atoms with Gasteiger partial charge in [0.25, 0.3) is 0 Å². The summed E-state index contributed by atoms with van der Waals surface area (Å²) in [6.45, 7) is 7.88. The SMILES string of the molecule is CCCC[C@@H]1CCC[C@H](C(=O)OC)N1C(=O)C(C)(C)C. The maximum absolute atomic E-state index is 12.7. The van der Waals surface area contributed by atoms with Gasteiger partial charge in [-0.2, -0.15) is 0 Å². The number of ether oxygens (including phenoxy) is 1. The van der Waals surface area contributed by atoms with Crippen LogP contribution in [0.3, 0.4) is 0 Å². The number of nitrogens with zero attached hydrogens (tertiary/aromatic N) is 1. The minimum Gasteiger partial charge on any atom is -0.467 e. The molecule has 1 fully saturated rings. The molecule has 0 spiro atoms. The molecule has 0 unspecified atom stereocenters. The number of amides is 1. The molecule has 0 aromatic heterocycles. The molecule has 0 aromatic rings. The van der Waals surface area contributed by atoms with Crippen LogP contribution in [0.15, 0.2) is 0 Å². The molecule has 1 aliphatic heterocycles. The Hall–Kier alpha value is -1.06. The smallest absolute Gasteiger partial charge is 0.328 e. The van der Waals surface area contributed by atoms with Crippen molar-refractivity contribution in [1.82, 2.24) is 4.90 Å². The van der Waals surface area contributed by atoms with Gasteiger partial charge in [-0.1, -0.05) is 40.5 Å². The van der Waals surface area contributed by atoms with Crippen LogP contribution in [0.2, 0.25) is 0 Å². The molecule has 1 amide bonds. The fourth-order valence-electron chi connectivity index (χ4n) is 2.86. The maximum atomic E-state index is 12.7. The lowest BCUT2D eigenvalue weighted by Crippen LogP contribution is -2.56. The summed E-state index contributed by atoms with van der Waals surface area (Å²) in [5.41, 5.74) is -0.464. The molecule has 116 valence electrons. The highest BCUT2D eigenvalue weighted by Gasteiger charge is 2.41. The van der Waals surface area contributed by atoms with E-state index in [2.05, 4.69) is 6.92 Å². The highest BCUT2D eigenvalue weighted by Crippen LogP contribution is 2.31. The van der Waals surface area contributed by atoms with Gasteiger partial charge in [-0.25, -0.2) is 4.79 Å². The van der Waals surface area contributed by atoms with E-state index in [0.29, 0.717) is 0 Å². The van der Waals surface area contributed by atoms with E-state index in [1.54, 1.807) is 0 Å². The minimum atomic E-state index is -0.464. The van der Waals surface area contributed by atoms with Gasteiger partial charge in [-0.15, -0.1) is 0 Å². The van der Waals surface area contributed by atoms with Crippen molar-refractivity contribution in [2.75, 3.05) is 7.11 Å². The van der Waals surface area contributed by atoms with Crippen LogP contribution < -0.4 is 0 Å². The molecule has 1 saturated heterocycles. The van der Waals surface area contributed by atoms with Crippen molar-refractivity contribution in [2.24, 2.45) is 5.41 Å². The second-order valence-corrected chi connectivity index (χ2v) is 6.73. The van der Waals surface area contributed by atoms with Crippen LogP contribution >= 0.6 is 0 Å². The summed E-state index contributed by atoms with van der Waals surface area (Å²) >= 11 is 0. The number of hydrogen-bond acceptors (Lipinski definition) is 3. The van der Waals surface area contributed by atoms with Crippen LogP contribution in [0.5, 0.6) is 0 Å². The predicted molar refractivity (Wildman–Crippen MR) is 79.3 cm³/mol. The van der Waals surface area contributed by atoms with Gasteiger partial charge in [0.2, 0.25) is 5.91 Å². The normalized spacial score (nSPS) is 23.6. The van der Waals surface area contributed by atoms with E-state index in [-0.39, 0.29) is 17.9 Å². The third kappa shape index (κ3) is 3.97. The Morgan fingerprint density at radius 1 is 1.25 bits per heavy atom. The number of carbonyl (C=O) groups excluding carboxylic acids is 2. The zero-order valence-electron chi connectivity index (χ0n) is 13.6. The lowest BCUT2D eigenvalue weighted by Gasteiger charge is -2.43. The summed E-state index contributed by atoms with van der Waals surface area (Å²) in [7, 11) is 1.40. The van der Waals surface area contributed by atoms with Gasteiger partial charge in [0.05, 0.1) is 7.11 Å². The topological polar surface area (TPSA) is 46.6 Å². The summed E-state index contributed by atoms with van der Waals surface area (Å²) < 4.78 is 4.90. The molecule has 0 saturated carbocycles. The molecule has 1 aliphatic rings. The van der Waals surface area contributed by atoms with Crippen LogP contribution in [-0.4, -0.2) is 36.0 Å². The molecule has 0 aromatic carbocycles. The van der Waals surface area contributed by atoms with Crippen LogP contribution in [0.25, 0.3) is 0 Å². The quantitative estimate of drug-likeness (QED) is 0.745. The molecule has 0 N–H and O–H groups in total. The van der Waals surface area contributed by atoms with Gasteiger partial charge in [0.1, 0.15) is 6.04 Å². The van der Waals surface area contributed by atoms with Crippen LogP contribution in [0.1, 0.15) is 66.2 Å². The van der Waals surface area contributed by atoms with Gasteiger partial charge in [0, 0.05) is 11.5 Å². The number of rotatable bonds is 4. The minimum absolute atomic E-state index is 0.0636. The van der Waals surface area contributed by atoms with Gasteiger partial charge in [0.15, 0.2) is 0 Å². The van der Waals surface area contributed by atoms with Crippen molar-refractivity contribution in [1.29, 1.82) is 0 Å². The van der Waals surface area contributed by atoms with Gasteiger partial charge < -0.3 is 9.64 Å². The Bertz CT molecular complexity index is 346. The molecule has 0 aliphatic carbocycles. The maximum Gasteiger partial charge on any atom is 0.328 e. The first kappa shape index (κ1) is 17.0. The van der Waals surface area contributed by atoms with Gasteiger partial charge >= 0.3 is 5.97 Å². The number of methoxy groups -OCH3 is 1. The highest BCUT2D eigenvalue weighted by atomic mass is 16.5. The number of unbranched alkanes of at least 4 members (excludes halogenated alkanes) is 1. The molecular formula is C16H29NO3. The molecule has 1 heterocycles. The van der Waals surface area contributed by atoms with Crippen molar-refractivity contribution < 1.29 is 14.3 Å². The Balaban J connectivity index is 2.99. The Morgan fingerprint density at radius 2 is 1.90 bits per heavy atom. The zero-order valence-corrected chi connectivity index (χ0v) is 13.6. The Labute approximate surface area is 122 Å². The lowest BCUT2D eigenvalue weighted by molar-refractivity contribution is -0.161. The molecule has 0 radical (unpaired) electrons. The van der Waals surface area contributed by atoms with Crippen LogP contribution in [-0.2, 0) is 14.3 Å². The summed E-state index contributed by atoms with van der Waals surface area (Å²) in [6.07, 6.45) is 5.88. The van der Waals surface area contributed by atoms with Crippen molar-refractivity contribution in [2.45, 2.75) is 78.3 Å². The molecular weight excluding hydrogens is 254 g/mol. The average molecular weight is 283 g/mol. The van der Waals surface area contributed by atoms with Crippen molar-refractivity contribution >= 4 is 11.9 Å². The van der Waals surface area contributed by atoms with Gasteiger partial charge in [-0.05, 0) is 25.7 Å². The first-order valence-corrected chi connectivity index (χ1v) is 7.73. The molecule has 4 heteroatoms. The largest absolute Gasteiger partial charge is 0.467 e. The summed E-state index contributed by atoms with van der Waals surface area (Å²) in [5, 5.41) is 0. The van der Waals surface area contributed by atoms with Gasteiger partial charge in [-0.3, -0.25) is 4.79 Å². The molecule has 2 atom stereocenters. The molecule has 4 nitrogen and oxygen atoms in total. The average Bonchev–Trinajstić information content (AvgIpc) is 2.41. The molecule has 0 bridgehead atoms. The fraction of sp³-hybridized carbons (Fsp3) is 0.875. The Kier molecular flexibility index (Phi) is 6.03. The number of piperidine rings is 1. The number of carbonyl (C=O) groups is 2. The molecule has 1 rings (SSSR count). The van der Waals surface area contributed by atoms with Crippen molar-refractivity contribution in [3.63, 3.8) is 0 Å². The number of hydrogen-bond donors (Lipinski definition) is 0. The fourth-order valence-corrected chi connectivity index (χ4v) is 2.86. The van der Waals surface area contributed by atoms with E-state index < -0.39 is 11.5 Å². The Morgan fingerprint density at radius 3 is 2.40 bits per heavy atom. The van der Waals surface area contributed by atoms with E-state index >= 15 is 0 Å². The van der Waals surface area contributed by atoms with E-state index in [1.807, 2.05) is 25.7 Å². The standard InChI is InChI=1S/C16H29NO3/c1-6-7-9-12-10-8-11-13(14(18)20-5)17(12)15(19)16(2,3)4/h12-13H,6-11H2,1-5H3/t12-,13-/m1/s1. The van der Waals surface area contributed by atoms with Crippen LogP contribution in [0.4, 0.5) is 0 Å². The second kappa shape index (κ2) is 7.09. The van der Waals surface area contributed by atoms with Crippen LogP contribution in [0, 0.1) is 5.41 Å². The van der Waals surface area contributed by atoms with E-state index in [9.17, 15) is 9.59 Å². The first-order valence-electron chi connectivity index (χ1n) is 7.73. The predicted octanol–water partition coefficient (Wildman–Crippen LogP) is 3.15. The van der Waals surface area contributed by atoms with E-state index in [4.69, 9.17) is 4.74 Å². The third-order valence-electron chi connectivity index (χ3n) is 3.98. The molecule has 20 heavy (non-hydrogen) atoms.